The van der Waals surface area contributed by atoms with Crippen molar-refractivity contribution in [2.45, 2.75) is 5.75 Å². The van der Waals surface area contributed by atoms with E-state index < -0.39 is 5.97 Å². The molecule has 0 aliphatic heterocycles. The Kier molecular flexibility index (Phi) is 3.85. The molecule has 1 aromatic heterocycles. The molecular weight excluding hydrogens is 190 g/mol. The van der Waals surface area contributed by atoms with Crippen molar-refractivity contribution >= 4 is 17.7 Å². The Hall–Kier alpha value is -0.940. The minimum absolute atomic E-state index is 0.0320. The first-order valence-electron chi connectivity index (χ1n) is 3.83. The van der Waals surface area contributed by atoms with Crippen molar-refractivity contribution in [3.05, 3.63) is 23.7 Å². The normalized spacial score (nSPS) is 10.2. The van der Waals surface area contributed by atoms with Crippen LogP contribution in [0.5, 0.6) is 0 Å². The predicted octanol–water partition coefficient (Wildman–Crippen LogP) is 1.17. The van der Waals surface area contributed by atoms with E-state index in [-0.39, 0.29) is 5.76 Å². The van der Waals surface area contributed by atoms with Gasteiger partial charge in [-0.15, -0.1) is 0 Å². The average molecular weight is 201 g/mol. The van der Waals surface area contributed by atoms with Gasteiger partial charge in [-0.05, 0) is 6.07 Å². The van der Waals surface area contributed by atoms with E-state index in [0.29, 0.717) is 17.9 Å². The van der Waals surface area contributed by atoms with Gasteiger partial charge in [-0.25, -0.2) is 4.79 Å². The first kappa shape index (κ1) is 10.1. The molecule has 0 amide bonds. The van der Waals surface area contributed by atoms with Crippen molar-refractivity contribution in [2.24, 2.45) is 5.73 Å². The van der Waals surface area contributed by atoms with Gasteiger partial charge in [-0.3, -0.25) is 0 Å². The molecule has 1 aromatic rings. The van der Waals surface area contributed by atoms with Gasteiger partial charge < -0.3 is 15.3 Å². The second-order valence-electron chi connectivity index (χ2n) is 2.42. The maximum absolute atomic E-state index is 10.6. The predicted molar refractivity (Wildman–Crippen MR) is 50.9 cm³/mol. The Morgan fingerprint density at radius 3 is 3.08 bits per heavy atom. The molecule has 5 heteroatoms. The maximum Gasteiger partial charge on any atom is 0.372 e. The number of carboxylic acid groups (broad SMARTS) is 1. The summed E-state index contributed by atoms with van der Waals surface area (Å²) in [5.74, 6) is 0.470. The summed E-state index contributed by atoms with van der Waals surface area (Å²) in [5, 5.41) is 8.68. The quantitative estimate of drug-likeness (QED) is 0.699. The molecule has 3 N–H and O–H groups in total. The average Bonchev–Trinajstić information content (AvgIpc) is 2.53. The molecule has 0 unspecified atom stereocenters. The molecule has 0 bridgehead atoms. The molecule has 0 aromatic carbocycles. The third-order valence-corrected chi connectivity index (χ3v) is 2.50. The summed E-state index contributed by atoms with van der Waals surface area (Å²) in [5.41, 5.74) is 6.02. The highest BCUT2D eigenvalue weighted by atomic mass is 32.2. The minimum Gasteiger partial charge on any atom is -0.475 e. The molecule has 0 radical (unpaired) electrons. The van der Waals surface area contributed by atoms with E-state index in [0.717, 1.165) is 5.75 Å². The van der Waals surface area contributed by atoms with E-state index in [4.69, 9.17) is 15.3 Å². The van der Waals surface area contributed by atoms with Gasteiger partial charge in [0.1, 0.15) is 0 Å². The fraction of sp³-hybridized carbons (Fsp3) is 0.375. The summed E-state index contributed by atoms with van der Waals surface area (Å²) >= 11 is 1.59. The van der Waals surface area contributed by atoms with Gasteiger partial charge in [0.05, 0.1) is 6.26 Å². The number of carbonyl (C=O) groups is 1. The number of thioether (sulfide) groups is 1. The summed E-state index contributed by atoms with van der Waals surface area (Å²) in [6, 6.07) is 1.67. The van der Waals surface area contributed by atoms with Gasteiger partial charge in [0, 0.05) is 23.6 Å². The SMILES string of the molecule is NCCSCc1ccoc1C(=O)O. The Bertz CT molecular complexity index is 285. The smallest absolute Gasteiger partial charge is 0.372 e. The number of hydrogen-bond donors (Lipinski definition) is 2. The van der Waals surface area contributed by atoms with Crippen molar-refractivity contribution < 1.29 is 14.3 Å². The molecule has 0 saturated carbocycles. The van der Waals surface area contributed by atoms with Crippen molar-refractivity contribution in [2.75, 3.05) is 12.3 Å². The zero-order valence-corrected chi connectivity index (χ0v) is 7.84. The third kappa shape index (κ3) is 2.78. The lowest BCUT2D eigenvalue weighted by Gasteiger charge is -1.97. The summed E-state index contributed by atoms with van der Waals surface area (Å²) in [6.45, 7) is 0.602. The molecular formula is C8H11NO3S. The van der Waals surface area contributed by atoms with E-state index >= 15 is 0 Å². The number of carboxylic acids is 1. The van der Waals surface area contributed by atoms with Crippen LogP contribution in [-0.4, -0.2) is 23.4 Å². The Morgan fingerprint density at radius 2 is 2.46 bits per heavy atom. The van der Waals surface area contributed by atoms with Gasteiger partial charge in [0.15, 0.2) is 0 Å². The fourth-order valence-corrected chi connectivity index (χ4v) is 1.66. The zero-order chi connectivity index (χ0) is 9.68. The molecule has 0 aliphatic rings. The number of hydrogen-bond acceptors (Lipinski definition) is 4. The van der Waals surface area contributed by atoms with Crippen molar-refractivity contribution in [1.82, 2.24) is 0 Å². The van der Waals surface area contributed by atoms with Crippen LogP contribution in [0.4, 0.5) is 0 Å². The van der Waals surface area contributed by atoms with Crippen molar-refractivity contribution in [3.63, 3.8) is 0 Å². The zero-order valence-electron chi connectivity index (χ0n) is 7.03. The van der Waals surface area contributed by atoms with Gasteiger partial charge in [0.25, 0.3) is 0 Å². The second-order valence-corrected chi connectivity index (χ2v) is 3.53. The molecule has 4 nitrogen and oxygen atoms in total. The molecule has 1 heterocycles. The van der Waals surface area contributed by atoms with E-state index in [1.54, 1.807) is 17.8 Å². The van der Waals surface area contributed by atoms with Crippen LogP contribution >= 0.6 is 11.8 Å². The van der Waals surface area contributed by atoms with Gasteiger partial charge in [0.2, 0.25) is 5.76 Å². The van der Waals surface area contributed by atoms with Crippen LogP contribution in [0.25, 0.3) is 0 Å². The Balaban J connectivity index is 2.55. The van der Waals surface area contributed by atoms with Crippen LogP contribution in [0.1, 0.15) is 16.1 Å². The van der Waals surface area contributed by atoms with Gasteiger partial charge in [-0.1, -0.05) is 0 Å². The van der Waals surface area contributed by atoms with Crippen LogP contribution in [0.3, 0.4) is 0 Å². The van der Waals surface area contributed by atoms with Crippen LogP contribution < -0.4 is 5.73 Å². The summed E-state index contributed by atoms with van der Waals surface area (Å²) < 4.78 is 4.81. The molecule has 0 saturated heterocycles. The largest absolute Gasteiger partial charge is 0.475 e. The number of furan rings is 1. The molecule has 0 fully saturated rings. The standard InChI is InChI=1S/C8H11NO3S/c9-2-4-13-5-6-1-3-12-7(6)8(10)11/h1,3H,2,4-5,9H2,(H,10,11). The lowest BCUT2D eigenvalue weighted by molar-refractivity contribution is 0.0661. The molecule has 1 rings (SSSR count). The van der Waals surface area contributed by atoms with Crippen molar-refractivity contribution in [3.8, 4) is 0 Å². The fourth-order valence-electron chi connectivity index (χ4n) is 0.902. The van der Waals surface area contributed by atoms with E-state index in [1.165, 1.54) is 6.26 Å². The summed E-state index contributed by atoms with van der Waals surface area (Å²) in [6.07, 6.45) is 1.39. The van der Waals surface area contributed by atoms with Crippen LogP contribution in [-0.2, 0) is 5.75 Å². The topological polar surface area (TPSA) is 76.5 Å². The lowest BCUT2D eigenvalue weighted by atomic mass is 10.3. The lowest BCUT2D eigenvalue weighted by Crippen LogP contribution is -2.02. The van der Waals surface area contributed by atoms with Gasteiger partial charge in [-0.2, -0.15) is 11.8 Å². The highest BCUT2D eigenvalue weighted by Gasteiger charge is 2.12. The molecule has 0 atom stereocenters. The van der Waals surface area contributed by atoms with Crippen molar-refractivity contribution in [1.29, 1.82) is 0 Å². The number of rotatable bonds is 5. The summed E-state index contributed by atoms with van der Waals surface area (Å²) in [4.78, 5) is 10.6. The Labute approximate surface area is 80.1 Å². The molecule has 0 aliphatic carbocycles. The molecule has 0 spiro atoms. The maximum atomic E-state index is 10.6. The van der Waals surface area contributed by atoms with Gasteiger partial charge >= 0.3 is 5.97 Å². The van der Waals surface area contributed by atoms with Crippen LogP contribution in [0, 0.1) is 0 Å². The third-order valence-electron chi connectivity index (χ3n) is 1.46. The number of nitrogens with two attached hydrogens (primary N) is 1. The Morgan fingerprint density at radius 1 is 1.69 bits per heavy atom. The van der Waals surface area contributed by atoms with E-state index in [1.807, 2.05) is 0 Å². The van der Waals surface area contributed by atoms with E-state index in [2.05, 4.69) is 0 Å². The highest BCUT2D eigenvalue weighted by molar-refractivity contribution is 7.98. The summed E-state index contributed by atoms with van der Waals surface area (Å²) in [7, 11) is 0. The monoisotopic (exact) mass is 201 g/mol. The highest BCUT2D eigenvalue weighted by Crippen LogP contribution is 2.17. The first-order valence-corrected chi connectivity index (χ1v) is 4.98. The van der Waals surface area contributed by atoms with Crippen LogP contribution in [0.2, 0.25) is 0 Å². The van der Waals surface area contributed by atoms with Crippen LogP contribution in [0.15, 0.2) is 16.7 Å². The van der Waals surface area contributed by atoms with E-state index in [9.17, 15) is 4.79 Å². The molecule has 72 valence electrons. The first-order chi connectivity index (χ1) is 6.25. The second kappa shape index (κ2) is 4.94. The minimum atomic E-state index is -1.02. The number of aromatic carboxylic acids is 1. The molecule has 13 heavy (non-hydrogen) atoms.